The second kappa shape index (κ2) is 5.88. The zero-order valence-corrected chi connectivity index (χ0v) is 14.2. The number of piperidine rings is 1. The van der Waals surface area contributed by atoms with Gasteiger partial charge in [-0.3, -0.25) is 4.98 Å². The summed E-state index contributed by atoms with van der Waals surface area (Å²) in [5, 5.41) is 19.5. The molecule has 1 aliphatic heterocycles. The smallest absolute Gasteiger partial charge is 0.150 e. The molecule has 7 nitrogen and oxygen atoms in total. The summed E-state index contributed by atoms with van der Waals surface area (Å²) >= 11 is 0. The van der Waals surface area contributed by atoms with Crippen LogP contribution in [0.25, 0.3) is 0 Å². The van der Waals surface area contributed by atoms with Crippen molar-refractivity contribution >= 4 is 5.82 Å². The largest absolute Gasteiger partial charge is 0.382 e. The molecule has 1 saturated heterocycles. The van der Waals surface area contributed by atoms with E-state index in [1.165, 1.54) is 0 Å². The van der Waals surface area contributed by atoms with Gasteiger partial charge in [0.25, 0.3) is 0 Å². The molecule has 2 aromatic rings. The van der Waals surface area contributed by atoms with E-state index in [2.05, 4.69) is 25.2 Å². The van der Waals surface area contributed by atoms with E-state index >= 15 is 0 Å². The lowest BCUT2D eigenvalue weighted by Crippen LogP contribution is -2.47. The summed E-state index contributed by atoms with van der Waals surface area (Å²) in [7, 11) is 0. The summed E-state index contributed by atoms with van der Waals surface area (Å²) in [6.07, 6.45) is 5.17. The Morgan fingerprint density at radius 3 is 2.78 bits per heavy atom. The lowest BCUT2D eigenvalue weighted by Gasteiger charge is -2.39. The predicted molar refractivity (Wildman–Crippen MR) is 87.3 cm³/mol. The molecule has 0 aliphatic carbocycles. The van der Waals surface area contributed by atoms with E-state index in [1.54, 1.807) is 10.9 Å². The molecule has 0 radical (unpaired) electrons. The zero-order chi connectivity index (χ0) is 16.6. The first-order valence-corrected chi connectivity index (χ1v) is 8.09. The van der Waals surface area contributed by atoms with Gasteiger partial charge < -0.3 is 10.0 Å². The van der Waals surface area contributed by atoms with Crippen LogP contribution in [0.15, 0.2) is 12.4 Å². The van der Waals surface area contributed by atoms with E-state index in [0.717, 1.165) is 30.2 Å². The molecular weight excluding hydrogens is 292 g/mol. The van der Waals surface area contributed by atoms with Crippen molar-refractivity contribution in [2.24, 2.45) is 0 Å². The summed E-state index contributed by atoms with van der Waals surface area (Å²) in [5.74, 6) is 0.847. The normalized spacial score (nSPS) is 21.9. The Bertz CT molecular complexity index is 698. The lowest BCUT2D eigenvalue weighted by atomic mass is 9.90. The molecule has 0 spiro atoms. The highest BCUT2D eigenvalue weighted by Gasteiger charge is 2.38. The summed E-state index contributed by atoms with van der Waals surface area (Å²) in [4.78, 5) is 11.1. The third-order valence-electron chi connectivity index (χ3n) is 4.34. The van der Waals surface area contributed by atoms with Crippen molar-refractivity contribution < 1.29 is 5.11 Å². The van der Waals surface area contributed by atoms with Gasteiger partial charge in [-0.1, -0.05) is 5.21 Å². The van der Waals surface area contributed by atoms with Gasteiger partial charge >= 0.3 is 0 Å². The molecule has 0 amide bonds. The number of anilines is 1. The lowest BCUT2D eigenvalue weighted by molar-refractivity contribution is 0.0174. The zero-order valence-electron chi connectivity index (χ0n) is 14.2. The minimum atomic E-state index is -0.997. The van der Waals surface area contributed by atoms with Crippen LogP contribution in [0.1, 0.15) is 49.8 Å². The van der Waals surface area contributed by atoms with Crippen molar-refractivity contribution in [3.63, 3.8) is 0 Å². The Morgan fingerprint density at radius 2 is 2.09 bits per heavy atom. The van der Waals surface area contributed by atoms with Crippen LogP contribution in [-0.4, -0.2) is 43.2 Å². The Kier molecular flexibility index (Phi) is 4.06. The number of β-amino-alcohol motifs (C(OH)–C–C–N with tert-alkyl or cyclic N) is 1. The summed E-state index contributed by atoms with van der Waals surface area (Å²) in [6.45, 7) is 9.29. The van der Waals surface area contributed by atoms with E-state index in [9.17, 15) is 5.11 Å². The molecule has 1 aliphatic rings. The van der Waals surface area contributed by atoms with Crippen molar-refractivity contribution in [3.8, 4) is 0 Å². The third kappa shape index (κ3) is 3.06. The molecule has 124 valence electrons. The predicted octanol–water partition coefficient (Wildman–Crippen LogP) is 1.75. The maximum Gasteiger partial charge on any atom is 0.150 e. The number of hydrogen-bond acceptors (Lipinski definition) is 6. The minimum Gasteiger partial charge on any atom is -0.382 e. The van der Waals surface area contributed by atoms with E-state index < -0.39 is 5.60 Å². The molecule has 1 fully saturated rings. The molecule has 1 atom stereocenters. The highest BCUT2D eigenvalue weighted by Crippen LogP contribution is 2.33. The van der Waals surface area contributed by atoms with Crippen molar-refractivity contribution in [1.82, 2.24) is 25.0 Å². The number of aryl methyl sites for hydroxylation is 2. The molecule has 3 rings (SSSR count). The first-order valence-electron chi connectivity index (χ1n) is 8.09. The maximum atomic E-state index is 11.1. The third-order valence-corrected chi connectivity index (χ3v) is 4.34. The summed E-state index contributed by atoms with van der Waals surface area (Å²) in [5.41, 5.74) is 1.40. The molecule has 1 unspecified atom stereocenters. The van der Waals surface area contributed by atoms with Gasteiger partial charge in [-0.05, 0) is 40.5 Å². The van der Waals surface area contributed by atoms with Gasteiger partial charge in [0.15, 0.2) is 0 Å². The number of aliphatic hydroxyl groups is 1. The molecule has 3 heterocycles. The van der Waals surface area contributed by atoms with Gasteiger partial charge in [-0.25, -0.2) is 9.67 Å². The fourth-order valence-corrected chi connectivity index (χ4v) is 2.99. The molecule has 2 aromatic heterocycles. The fourth-order valence-electron chi connectivity index (χ4n) is 2.99. The van der Waals surface area contributed by atoms with Crippen LogP contribution in [0.2, 0.25) is 0 Å². The van der Waals surface area contributed by atoms with Crippen LogP contribution in [0.5, 0.6) is 0 Å². The van der Waals surface area contributed by atoms with Gasteiger partial charge in [0, 0.05) is 18.8 Å². The van der Waals surface area contributed by atoms with Crippen LogP contribution < -0.4 is 4.90 Å². The van der Waals surface area contributed by atoms with Crippen LogP contribution >= 0.6 is 0 Å². The first-order chi connectivity index (χ1) is 10.9. The Labute approximate surface area is 136 Å². The molecule has 1 N–H and O–H groups in total. The van der Waals surface area contributed by atoms with Crippen LogP contribution in [0.4, 0.5) is 5.82 Å². The minimum absolute atomic E-state index is 0.226. The van der Waals surface area contributed by atoms with Crippen molar-refractivity contribution in [1.29, 1.82) is 0 Å². The average Bonchev–Trinajstić information content (AvgIpc) is 3.01. The SMILES string of the molecule is Cc1cnc(C)c(N2CCCC(O)(c3cn(C(C)C)nn3)C2)n1. The fraction of sp³-hybridized carbons (Fsp3) is 0.625. The average molecular weight is 316 g/mol. The van der Waals surface area contributed by atoms with E-state index in [-0.39, 0.29) is 6.04 Å². The highest BCUT2D eigenvalue weighted by molar-refractivity contribution is 5.44. The number of rotatable bonds is 3. The summed E-state index contributed by atoms with van der Waals surface area (Å²) in [6, 6.07) is 0.226. The second-order valence-corrected chi connectivity index (χ2v) is 6.65. The molecule has 7 heteroatoms. The van der Waals surface area contributed by atoms with Crippen LogP contribution in [0.3, 0.4) is 0 Å². The van der Waals surface area contributed by atoms with Gasteiger partial charge in [-0.15, -0.1) is 5.10 Å². The maximum absolute atomic E-state index is 11.1. The molecular formula is C16H24N6O. The van der Waals surface area contributed by atoms with E-state index in [0.29, 0.717) is 18.7 Å². The topological polar surface area (TPSA) is 80.0 Å². The van der Waals surface area contributed by atoms with E-state index in [1.807, 2.05) is 33.9 Å². The monoisotopic (exact) mass is 316 g/mol. The molecule has 0 saturated carbocycles. The van der Waals surface area contributed by atoms with Gasteiger partial charge in [0.2, 0.25) is 0 Å². The highest BCUT2D eigenvalue weighted by atomic mass is 16.3. The Hall–Kier alpha value is -2.02. The quantitative estimate of drug-likeness (QED) is 0.929. The molecule has 0 bridgehead atoms. The second-order valence-electron chi connectivity index (χ2n) is 6.65. The molecule has 23 heavy (non-hydrogen) atoms. The number of nitrogens with zero attached hydrogens (tertiary/aromatic N) is 6. The van der Waals surface area contributed by atoms with Crippen molar-refractivity contribution in [2.75, 3.05) is 18.0 Å². The van der Waals surface area contributed by atoms with Crippen molar-refractivity contribution in [2.45, 2.75) is 52.2 Å². The van der Waals surface area contributed by atoms with Gasteiger partial charge in [0.1, 0.15) is 17.1 Å². The van der Waals surface area contributed by atoms with Crippen LogP contribution in [0, 0.1) is 13.8 Å². The van der Waals surface area contributed by atoms with Crippen molar-refractivity contribution in [3.05, 3.63) is 29.5 Å². The van der Waals surface area contributed by atoms with E-state index in [4.69, 9.17) is 0 Å². The Morgan fingerprint density at radius 1 is 1.30 bits per heavy atom. The van der Waals surface area contributed by atoms with Crippen LogP contribution in [-0.2, 0) is 5.60 Å². The van der Waals surface area contributed by atoms with Gasteiger partial charge in [-0.2, -0.15) is 0 Å². The first kappa shape index (κ1) is 15.9. The Balaban J connectivity index is 1.88. The summed E-state index contributed by atoms with van der Waals surface area (Å²) < 4.78 is 1.78. The standard InChI is InChI=1S/C16H24N6O/c1-11(2)22-9-14(19-20-22)16(23)6-5-7-21(10-16)15-13(4)17-8-12(3)18-15/h8-9,11,23H,5-7,10H2,1-4H3. The van der Waals surface area contributed by atoms with Gasteiger partial charge in [0.05, 0.1) is 24.1 Å². The number of aromatic nitrogens is 5. The molecule has 0 aromatic carbocycles. The number of hydrogen-bond donors (Lipinski definition) is 1.